The number of hydrogen-bond donors (Lipinski definition) is 2. The molecule has 0 radical (unpaired) electrons. The summed E-state index contributed by atoms with van der Waals surface area (Å²) >= 11 is 0. The Morgan fingerprint density at radius 2 is 1.65 bits per heavy atom. The summed E-state index contributed by atoms with van der Waals surface area (Å²) in [5.41, 5.74) is 6.15. The number of rotatable bonds is 13. The first-order chi connectivity index (χ1) is 24.8. The van der Waals surface area contributed by atoms with Gasteiger partial charge in [-0.05, 0) is 52.6 Å². The Hall–Kier alpha value is -5.13. The van der Waals surface area contributed by atoms with Gasteiger partial charge in [0.25, 0.3) is 5.91 Å². The summed E-state index contributed by atoms with van der Waals surface area (Å²) in [6.45, 7) is 5.42. The number of amides is 3. The molecule has 10 heteroatoms. The second kappa shape index (κ2) is 16.7. The summed E-state index contributed by atoms with van der Waals surface area (Å²) < 4.78 is 18.3. The lowest BCUT2D eigenvalue weighted by atomic mass is 9.98. The van der Waals surface area contributed by atoms with Gasteiger partial charge in [0.1, 0.15) is 12.6 Å². The fourth-order valence-corrected chi connectivity index (χ4v) is 6.44. The van der Waals surface area contributed by atoms with Gasteiger partial charge in [0.05, 0.1) is 31.8 Å². The number of benzene rings is 4. The van der Waals surface area contributed by atoms with Crippen LogP contribution in [0.5, 0.6) is 0 Å². The van der Waals surface area contributed by atoms with E-state index in [1.807, 2.05) is 116 Å². The van der Waals surface area contributed by atoms with Crippen LogP contribution in [-0.4, -0.2) is 65.1 Å². The maximum Gasteiger partial charge on any atom is 0.408 e. The Morgan fingerprint density at radius 1 is 0.922 bits per heavy atom. The minimum absolute atomic E-state index is 0.0190. The Kier molecular flexibility index (Phi) is 11.7. The lowest BCUT2D eigenvalue weighted by molar-refractivity contribution is -0.252. The van der Waals surface area contributed by atoms with Crippen molar-refractivity contribution >= 4 is 17.9 Å². The molecule has 2 N–H and O–H groups in total. The van der Waals surface area contributed by atoms with Crippen molar-refractivity contribution in [3.8, 4) is 11.1 Å². The van der Waals surface area contributed by atoms with Crippen LogP contribution in [0.2, 0.25) is 0 Å². The zero-order valence-corrected chi connectivity index (χ0v) is 28.6. The van der Waals surface area contributed by atoms with Crippen LogP contribution in [0.15, 0.2) is 116 Å². The van der Waals surface area contributed by atoms with E-state index < -0.39 is 24.3 Å². The fourth-order valence-electron chi connectivity index (χ4n) is 6.44. The lowest BCUT2D eigenvalue weighted by Crippen LogP contribution is -2.41. The van der Waals surface area contributed by atoms with Crippen molar-refractivity contribution in [1.82, 2.24) is 15.1 Å². The molecule has 1 unspecified atom stereocenters. The summed E-state index contributed by atoms with van der Waals surface area (Å²) in [5.74, 6) is -0.828. The quantitative estimate of drug-likeness (QED) is 0.129. The molecule has 51 heavy (non-hydrogen) atoms. The minimum Gasteiger partial charge on any atom is -0.445 e. The van der Waals surface area contributed by atoms with Gasteiger partial charge in [-0.1, -0.05) is 97.1 Å². The maximum atomic E-state index is 13.2. The van der Waals surface area contributed by atoms with Crippen molar-refractivity contribution in [2.24, 2.45) is 0 Å². The highest BCUT2D eigenvalue weighted by Crippen LogP contribution is 2.39. The van der Waals surface area contributed by atoms with Gasteiger partial charge in [0.15, 0.2) is 6.29 Å². The normalized spacial score (nSPS) is 20.4. The number of alkyl carbamates (subject to hydrolysis) is 1. The zero-order chi connectivity index (χ0) is 35.7. The van der Waals surface area contributed by atoms with E-state index >= 15 is 0 Å². The summed E-state index contributed by atoms with van der Waals surface area (Å²) in [7, 11) is 2.04. The van der Waals surface area contributed by atoms with Gasteiger partial charge in [-0.25, -0.2) is 4.79 Å². The number of nitrogens with one attached hydrogen (secondary N) is 1. The Labute approximate surface area is 298 Å². The van der Waals surface area contributed by atoms with Gasteiger partial charge in [-0.15, -0.1) is 6.58 Å². The molecule has 4 aromatic rings. The van der Waals surface area contributed by atoms with Gasteiger partial charge in [0.2, 0.25) is 5.91 Å². The topological polar surface area (TPSA) is 118 Å². The highest BCUT2D eigenvalue weighted by molar-refractivity contribution is 6.06. The molecule has 2 aliphatic heterocycles. The third kappa shape index (κ3) is 9.16. The number of hydrogen-bond acceptors (Lipinski definition) is 8. The fraction of sp³-hybridized carbons (Fsp3) is 0.293. The Morgan fingerprint density at radius 3 is 2.39 bits per heavy atom. The first-order valence-corrected chi connectivity index (χ1v) is 17.1. The maximum absolute atomic E-state index is 13.2. The number of imide groups is 1. The van der Waals surface area contributed by atoms with E-state index in [0.29, 0.717) is 13.0 Å². The molecule has 0 aliphatic carbocycles. The van der Waals surface area contributed by atoms with E-state index in [4.69, 9.17) is 14.2 Å². The number of aliphatic hydroxyl groups excluding tert-OH is 1. The summed E-state index contributed by atoms with van der Waals surface area (Å²) in [5, 5.41) is 12.1. The minimum atomic E-state index is -0.979. The predicted octanol–water partition coefficient (Wildman–Crippen LogP) is 6.06. The molecule has 0 bridgehead atoms. The lowest BCUT2D eigenvalue weighted by Gasteiger charge is -2.37. The second-order valence-corrected chi connectivity index (χ2v) is 13.0. The molecular formula is C41H43N3O7. The van der Waals surface area contributed by atoms with E-state index in [1.54, 1.807) is 0 Å². The number of likely N-dealkylation sites (tertiary alicyclic amines) is 1. The highest BCUT2D eigenvalue weighted by atomic mass is 16.7. The average Bonchev–Trinajstić information content (AvgIpc) is 3.41. The molecule has 2 aliphatic rings. The highest BCUT2D eigenvalue weighted by Gasteiger charge is 2.40. The SMILES string of the molecule is C=CCN(C)C[C@@H]1C[C@H](c2ccc(CO)cc2)O[C@H](c2cccc(-c3cccc(CN4C(=O)CC(NC(=O)OCc5ccccc5)C4=O)c3)c2)O1. The van der Waals surface area contributed by atoms with Crippen LogP contribution in [0, 0.1) is 0 Å². The molecule has 2 fully saturated rings. The molecule has 0 aromatic heterocycles. The number of ether oxygens (including phenoxy) is 3. The number of likely N-dealkylation sites (N-methyl/N-ethyl adjacent to an activating group) is 1. The van der Waals surface area contributed by atoms with Crippen molar-refractivity contribution in [3.63, 3.8) is 0 Å². The molecule has 6 rings (SSSR count). The standard InChI is InChI=1S/C41H43N3O7/c1-3-19-43(2)25-35-22-37(31-17-15-28(26-45)16-18-31)51-40(50-35)34-14-8-13-33(21-34)32-12-7-11-30(20-32)24-44-38(46)23-36(39(44)47)42-41(48)49-27-29-9-5-4-6-10-29/h3-18,20-21,35-37,40,45H,1,19,22-27H2,2H3,(H,42,48)/t35-,36?,37+,40+/m0/s1. The van der Waals surface area contributed by atoms with Crippen LogP contribution in [0.3, 0.4) is 0 Å². The molecule has 3 amide bonds. The van der Waals surface area contributed by atoms with E-state index in [9.17, 15) is 19.5 Å². The van der Waals surface area contributed by atoms with Crippen LogP contribution >= 0.6 is 0 Å². The summed E-state index contributed by atoms with van der Waals surface area (Å²) in [6.07, 6.45) is 0.759. The summed E-state index contributed by atoms with van der Waals surface area (Å²) in [6, 6.07) is 31.7. The van der Waals surface area contributed by atoms with Crippen molar-refractivity contribution in [3.05, 3.63) is 144 Å². The van der Waals surface area contributed by atoms with Gasteiger partial charge >= 0.3 is 6.09 Å². The van der Waals surface area contributed by atoms with Crippen LogP contribution < -0.4 is 5.32 Å². The number of nitrogens with zero attached hydrogens (tertiary/aromatic N) is 2. The molecule has 0 saturated carbocycles. The molecule has 10 nitrogen and oxygen atoms in total. The first-order valence-electron chi connectivity index (χ1n) is 17.1. The molecule has 0 spiro atoms. The molecule has 4 aromatic carbocycles. The molecular weight excluding hydrogens is 646 g/mol. The van der Waals surface area contributed by atoms with Crippen molar-refractivity contribution < 1.29 is 33.7 Å². The molecule has 264 valence electrons. The van der Waals surface area contributed by atoms with Crippen molar-refractivity contribution in [2.75, 3.05) is 20.1 Å². The van der Waals surface area contributed by atoms with E-state index in [2.05, 4.69) is 16.8 Å². The first kappa shape index (κ1) is 35.7. The average molecular weight is 690 g/mol. The van der Waals surface area contributed by atoms with Crippen LogP contribution in [0.1, 0.15) is 53.1 Å². The van der Waals surface area contributed by atoms with Crippen LogP contribution in [0.25, 0.3) is 11.1 Å². The van der Waals surface area contributed by atoms with Crippen LogP contribution in [-0.2, 0) is 43.6 Å². The molecule has 2 saturated heterocycles. The monoisotopic (exact) mass is 689 g/mol. The summed E-state index contributed by atoms with van der Waals surface area (Å²) in [4.78, 5) is 41.8. The third-order valence-electron chi connectivity index (χ3n) is 9.08. The second-order valence-electron chi connectivity index (χ2n) is 13.0. The zero-order valence-electron chi connectivity index (χ0n) is 28.6. The molecule has 2 heterocycles. The molecule has 4 atom stereocenters. The van der Waals surface area contributed by atoms with Gasteiger partial charge in [-0.2, -0.15) is 0 Å². The smallest absolute Gasteiger partial charge is 0.408 e. The van der Waals surface area contributed by atoms with E-state index in [1.165, 1.54) is 4.90 Å². The predicted molar refractivity (Wildman–Crippen MR) is 192 cm³/mol. The number of carbonyl (C=O) groups is 3. The van der Waals surface area contributed by atoms with E-state index in [0.717, 1.165) is 45.5 Å². The Bertz CT molecular complexity index is 1830. The van der Waals surface area contributed by atoms with Gasteiger partial charge in [0, 0.05) is 25.1 Å². The number of carbonyl (C=O) groups excluding carboxylic acids is 3. The van der Waals surface area contributed by atoms with Crippen molar-refractivity contribution in [2.45, 2.75) is 57.1 Å². The third-order valence-corrected chi connectivity index (χ3v) is 9.08. The van der Waals surface area contributed by atoms with Crippen LogP contribution in [0.4, 0.5) is 4.79 Å². The van der Waals surface area contributed by atoms with E-state index in [-0.39, 0.29) is 44.3 Å². The Balaban J connectivity index is 1.13. The van der Waals surface area contributed by atoms with Crippen molar-refractivity contribution in [1.29, 1.82) is 0 Å². The largest absolute Gasteiger partial charge is 0.445 e. The van der Waals surface area contributed by atoms with Gasteiger partial charge < -0.3 is 29.5 Å². The van der Waals surface area contributed by atoms with Gasteiger partial charge in [-0.3, -0.25) is 14.5 Å². The number of aliphatic hydroxyl groups is 1.